The van der Waals surface area contributed by atoms with Gasteiger partial charge in [0.2, 0.25) is 0 Å². The Hall–Kier alpha value is -2.37. The molecule has 6 nitrogen and oxygen atoms in total. The molecule has 0 heterocycles. The van der Waals surface area contributed by atoms with E-state index >= 15 is 0 Å². The van der Waals surface area contributed by atoms with Crippen LogP contribution in [0.25, 0.3) is 0 Å². The van der Waals surface area contributed by atoms with Crippen LogP contribution < -0.4 is 0 Å². The lowest BCUT2D eigenvalue weighted by atomic mass is 10.0. The van der Waals surface area contributed by atoms with Crippen molar-refractivity contribution in [3.05, 3.63) is 16.7 Å². The predicted molar refractivity (Wildman–Crippen MR) is 47.6 cm³/mol. The minimum absolute atomic E-state index is 0.0735. The quantitative estimate of drug-likeness (QED) is 0.616. The van der Waals surface area contributed by atoms with E-state index in [1.54, 1.807) is 0 Å². The fourth-order valence-corrected chi connectivity index (χ4v) is 1.11. The molecule has 0 saturated heterocycles. The van der Waals surface area contributed by atoms with Gasteiger partial charge in [-0.1, -0.05) is 0 Å². The van der Waals surface area contributed by atoms with Crippen molar-refractivity contribution in [2.45, 2.75) is 0 Å². The van der Waals surface area contributed by atoms with E-state index in [-0.39, 0.29) is 18.9 Å². The summed E-state index contributed by atoms with van der Waals surface area (Å²) in [5, 5.41) is 27.8. The van der Waals surface area contributed by atoms with Crippen LogP contribution in [-0.4, -0.2) is 34.2 Å². The third kappa shape index (κ3) is 1.41. The highest BCUT2D eigenvalue weighted by atomic mass is 16.3. The summed E-state index contributed by atoms with van der Waals surface area (Å²) >= 11 is 0. The summed E-state index contributed by atoms with van der Waals surface area (Å²) in [6.07, 6.45) is 0.221. The van der Waals surface area contributed by atoms with E-state index in [9.17, 15) is 29.7 Å². The zero-order valence-electron chi connectivity index (χ0n) is 7.30. The highest BCUT2D eigenvalue weighted by molar-refractivity contribution is 6.00. The molecule has 0 spiro atoms. The van der Waals surface area contributed by atoms with E-state index in [4.69, 9.17) is 0 Å². The number of hydrogen-bond donors (Lipinski definition) is 3. The molecule has 0 bridgehead atoms. The van der Waals surface area contributed by atoms with E-state index in [1.807, 2.05) is 0 Å². The van der Waals surface area contributed by atoms with Gasteiger partial charge in [0.05, 0.1) is 16.7 Å². The van der Waals surface area contributed by atoms with Gasteiger partial charge >= 0.3 is 0 Å². The van der Waals surface area contributed by atoms with Crippen LogP contribution in [0.3, 0.4) is 0 Å². The van der Waals surface area contributed by atoms with Gasteiger partial charge in [-0.25, -0.2) is 0 Å². The molecule has 0 aliphatic carbocycles. The molecular formula is C9H6O6. The average molecular weight is 210 g/mol. The first kappa shape index (κ1) is 10.7. The molecule has 6 heteroatoms. The van der Waals surface area contributed by atoms with Gasteiger partial charge in [-0.3, -0.25) is 14.4 Å². The minimum Gasteiger partial charge on any atom is -0.506 e. The smallest absolute Gasteiger partial charge is 0.157 e. The molecule has 0 aliphatic heterocycles. The highest BCUT2D eigenvalue weighted by Crippen LogP contribution is 2.38. The van der Waals surface area contributed by atoms with Gasteiger partial charge in [-0.2, -0.15) is 0 Å². The number of carbonyl (C=O) groups excluding carboxylic acids is 3. The van der Waals surface area contributed by atoms with Crippen LogP contribution in [0.4, 0.5) is 0 Å². The second-order valence-corrected chi connectivity index (χ2v) is 2.64. The fraction of sp³-hybridized carbons (Fsp3) is 0. The predicted octanol–water partition coefficient (Wildman–Crippen LogP) is 0.241. The molecule has 0 atom stereocenters. The molecule has 0 unspecified atom stereocenters. The summed E-state index contributed by atoms with van der Waals surface area (Å²) < 4.78 is 0. The summed E-state index contributed by atoms with van der Waals surface area (Å²) in [5.41, 5.74) is -1.84. The molecule has 0 fully saturated rings. The number of aldehydes is 3. The molecule has 0 amide bonds. The Morgan fingerprint density at radius 3 is 0.933 bits per heavy atom. The molecule has 0 aliphatic rings. The Morgan fingerprint density at radius 1 is 0.600 bits per heavy atom. The first-order chi connectivity index (χ1) is 7.08. The van der Waals surface area contributed by atoms with Gasteiger partial charge in [0, 0.05) is 0 Å². The Morgan fingerprint density at radius 2 is 0.800 bits per heavy atom. The highest BCUT2D eigenvalue weighted by Gasteiger charge is 2.22. The number of rotatable bonds is 3. The number of carbonyl (C=O) groups is 3. The number of aromatic hydroxyl groups is 3. The standard InChI is InChI=1S/C9H6O6/c10-1-4-7(13)5(2-11)9(15)6(3-12)8(4)14/h1-3,13-15H. The van der Waals surface area contributed by atoms with Gasteiger partial charge in [0.25, 0.3) is 0 Å². The summed E-state index contributed by atoms with van der Waals surface area (Å²) in [6, 6.07) is 0. The molecular weight excluding hydrogens is 204 g/mol. The third-order valence-electron chi connectivity index (χ3n) is 1.88. The largest absolute Gasteiger partial charge is 0.506 e. The second kappa shape index (κ2) is 3.79. The fourth-order valence-electron chi connectivity index (χ4n) is 1.11. The maximum Gasteiger partial charge on any atom is 0.157 e. The molecule has 0 aromatic heterocycles. The van der Waals surface area contributed by atoms with Gasteiger partial charge in [0.15, 0.2) is 18.9 Å². The maximum absolute atomic E-state index is 10.5. The molecule has 78 valence electrons. The van der Waals surface area contributed by atoms with E-state index in [0.29, 0.717) is 0 Å². The van der Waals surface area contributed by atoms with Crippen molar-refractivity contribution in [1.82, 2.24) is 0 Å². The SMILES string of the molecule is O=Cc1c(O)c(C=O)c(O)c(C=O)c1O. The average Bonchev–Trinajstić information content (AvgIpc) is 2.19. The summed E-state index contributed by atoms with van der Waals surface area (Å²) in [4.78, 5) is 31.4. The monoisotopic (exact) mass is 210 g/mol. The van der Waals surface area contributed by atoms with Crippen molar-refractivity contribution in [1.29, 1.82) is 0 Å². The molecule has 15 heavy (non-hydrogen) atoms. The lowest BCUT2D eigenvalue weighted by Crippen LogP contribution is -1.96. The van der Waals surface area contributed by atoms with Crippen molar-refractivity contribution in [3.8, 4) is 17.2 Å². The number of phenols is 3. The first-order valence-corrected chi connectivity index (χ1v) is 3.74. The molecule has 1 rings (SSSR count). The molecule has 1 aromatic rings. The molecule has 1 aromatic carbocycles. The van der Waals surface area contributed by atoms with Crippen molar-refractivity contribution in [2.24, 2.45) is 0 Å². The van der Waals surface area contributed by atoms with E-state index in [1.165, 1.54) is 0 Å². The Balaban J connectivity index is 3.79. The van der Waals surface area contributed by atoms with Gasteiger partial charge in [-0.15, -0.1) is 0 Å². The van der Waals surface area contributed by atoms with E-state index < -0.39 is 33.9 Å². The normalized spacial score (nSPS) is 9.60. The summed E-state index contributed by atoms with van der Waals surface area (Å²) in [7, 11) is 0. The van der Waals surface area contributed by atoms with E-state index in [0.717, 1.165) is 0 Å². The zero-order chi connectivity index (χ0) is 11.6. The van der Waals surface area contributed by atoms with Crippen LogP contribution in [0, 0.1) is 0 Å². The molecule has 3 N–H and O–H groups in total. The number of hydrogen-bond acceptors (Lipinski definition) is 6. The minimum atomic E-state index is -0.861. The van der Waals surface area contributed by atoms with E-state index in [2.05, 4.69) is 0 Å². The van der Waals surface area contributed by atoms with Crippen LogP contribution in [0.15, 0.2) is 0 Å². The van der Waals surface area contributed by atoms with Gasteiger partial charge < -0.3 is 15.3 Å². The Labute approximate surface area is 83.4 Å². The maximum atomic E-state index is 10.5. The summed E-state index contributed by atoms with van der Waals surface area (Å²) in [6.45, 7) is 0. The lowest BCUT2D eigenvalue weighted by molar-refractivity contribution is 0.111. The van der Waals surface area contributed by atoms with Crippen LogP contribution in [0.2, 0.25) is 0 Å². The first-order valence-electron chi connectivity index (χ1n) is 3.74. The van der Waals surface area contributed by atoms with Gasteiger partial charge in [0.1, 0.15) is 17.2 Å². The van der Waals surface area contributed by atoms with Crippen molar-refractivity contribution < 1.29 is 29.7 Å². The number of benzene rings is 1. The van der Waals surface area contributed by atoms with Crippen molar-refractivity contribution >= 4 is 18.9 Å². The van der Waals surface area contributed by atoms with Crippen molar-refractivity contribution in [3.63, 3.8) is 0 Å². The molecule has 0 saturated carbocycles. The topological polar surface area (TPSA) is 112 Å². The van der Waals surface area contributed by atoms with Crippen LogP contribution in [0.1, 0.15) is 31.1 Å². The van der Waals surface area contributed by atoms with Crippen LogP contribution in [-0.2, 0) is 0 Å². The van der Waals surface area contributed by atoms with Crippen LogP contribution in [0.5, 0.6) is 17.2 Å². The van der Waals surface area contributed by atoms with Crippen LogP contribution >= 0.6 is 0 Å². The number of phenolic OH excluding ortho intramolecular Hbond substituents is 3. The second-order valence-electron chi connectivity index (χ2n) is 2.64. The van der Waals surface area contributed by atoms with Crippen molar-refractivity contribution in [2.75, 3.05) is 0 Å². The Kier molecular flexibility index (Phi) is 2.70. The summed E-state index contributed by atoms with van der Waals surface area (Å²) in [5.74, 6) is -2.58. The third-order valence-corrected chi connectivity index (χ3v) is 1.88. The zero-order valence-corrected chi connectivity index (χ0v) is 7.30. The Bertz CT molecular complexity index is 361. The van der Waals surface area contributed by atoms with Gasteiger partial charge in [-0.05, 0) is 0 Å². The molecule has 0 radical (unpaired) electrons. The lowest BCUT2D eigenvalue weighted by Gasteiger charge is -2.08.